The van der Waals surface area contributed by atoms with Crippen molar-refractivity contribution in [1.82, 2.24) is 9.55 Å². The Morgan fingerprint density at radius 3 is 2.27 bits per heavy atom. The summed E-state index contributed by atoms with van der Waals surface area (Å²) in [6.07, 6.45) is 3.63. The van der Waals surface area contributed by atoms with E-state index in [1.807, 2.05) is 6.08 Å². The van der Waals surface area contributed by atoms with Crippen molar-refractivity contribution in [3.63, 3.8) is 0 Å². The zero-order valence-electron chi connectivity index (χ0n) is 14.8. The molecule has 3 aromatic carbocycles. The fourth-order valence-electron chi connectivity index (χ4n) is 3.27. The Bertz CT molecular complexity index is 1110. The molecule has 0 bridgehead atoms. The van der Waals surface area contributed by atoms with Crippen LogP contribution in [0, 0.1) is 6.92 Å². The van der Waals surface area contributed by atoms with Gasteiger partial charge in [0.1, 0.15) is 5.82 Å². The molecule has 2 heteroatoms. The number of hydrogen-bond acceptors (Lipinski definition) is 1. The van der Waals surface area contributed by atoms with Gasteiger partial charge in [-0.05, 0) is 48.0 Å². The maximum atomic E-state index is 4.85. The molecule has 4 rings (SSSR count). The standard InChI is InChI=1S/C24H20N2/c1-4-22-23(5-2)26(21-14-10-17(3)11-15-21)24(25-22)20-13-12-18-8-6-7-9-19(18)16-20/h4-16H,1-2H2,3H3. The Labute approximate surface area is 153 Å². The van der Waals surface area contributed by atoms with Crippen molar-refractivity contribution >= 4 is 22.9 Å². The molecular weight excluding hydrogens is 316 g/mol. The maximum Gasteiger partial charge on any atom is 0.145 e. The second kappa shape index (κ2) is 6.49. The molecule has 2 nitrogen and oxygen atoms in total. The number of aryl methyl sites for hydroxylation is 1. The molecule has 0 saturated carbocycles. The minimum absolute atomic E-state index is 0.837. The fraction of sp³-hybridized carbons (Fsp3) is 0.0417. The van der Waals surface area contributed by atoms with Crippen LogP contribution in [0.2, 0.25) is 0 Å². The number of nitrogens with zero attached hydrogens (tertiary/aromatic N) is 2. The smallest absolute Gasteiger partial charge is 0.145 e. The minimum atomic E-state index is 0.837. The number of hydrogen-bond donors (Lipinski definition) is 0. The molecule has 0 aliphatic rings. The van der Waals surface area contributed by atoms with Gasteiger partial charge in [-0.15, -0.1) is 0 Å². The predicted molar refractivity (Wildman–Crippen MR) is 111 cm³/mol. The third kappa shape index (κ3) is 2.66. The van der Waals surface area contributed by atoms with Gasteiger partial charge in [0.05, 0.1) is 11.4 Å². The number of imidazole rings is 1. The Morgan fingerprint density at radius 2 is 1.58 bits per heavy atom. The van der Waals surface area contributed by atoms with E-state index in [1.54, 1.807) is 6.08 Å². The molecular formula is C24H20N2. The molecule has 0 unspecified atom stereocenters. The van der Waals surface area contributed by atoms with Crippen LogP contribution in [-0.4, -0.2) is 9.55 Å². The van der Waals surface area contributed by atoms with Gasteiger partial charge in [-0.1, -0.05) is 67.3 Å². The van der Waals surface area contributed by atoms with Gasteiger partial charge in [-0.2, -0.15) is 0 Å². The molecule has 4 aromatic rings. The molecule has 0 saturated heterocycles. The number of benzene rings is 3. The summed E-state index contributed by atoms with van der Waals surface area (Å²) in [5, 5.41) is 2.42. The molecule has 0 N–H and O–H groups in total. The van der Waals surface area contributed by atoms with Crippen molar-refractivity contribution in [3.05, 3.63) is 96.8 Å². The first-order chi connectivity index (χ1) is 12.7. The highest BCUT2D eigenvalue weighted by Gasteiger charge is 2.16. The van der Waals surface area contributed by atoms with Crippen molar-refractivity contribution in [2.45, 2.75) is 6.92 Å². The van der Waals surface area contributed by atoms with Crippen molar-refractivity contribution in [2.75, 3.05) is 0 Å². The number of fused-ring (bicyclic) bond motifs is 1. The number of rotatable bonds is 4. The van der Waals surface area contributed by atoms with E-state index >= 15 is 0 Å². The van der Waals surface area contributed by atoms with Gasteiger partial charge < -0.3 is 0 Å². The Morgan fingerprint density at radius 1 is 0.846 bits per heavy atom. The van der Waals surface area contributed by atoms with Crippen LogP contribution in [0.3, 0.4) is 0 Å². The normalized spacial score (nSPS) is 10.8. The highest BCUT2D eigenvalue weighted by Crippen LogP contribution is 2.30. The number of aromatic nitrogens is 2. The van der Waals surface area contributed by atoms with Gasteiger partial charge in [0.2, 0.25) is 0 Å². The molecule has 0 aliphatic carbocycles. The third-order valence-corrected chi connectivity index (χ3v) is 4.63. The third-order valence-electron chi connectivity index (χ3n) is 4.63. The highest BCUT2D eigenvalue weighted by molar-refractivity contribution is 5.87. The second-order valence-electron chi connectivity index (χ2n) is 6.35. The lowest BCUT2D eigenvalue weighted by Crippen LogP contribution is -2.00. The first kappa shape index (κ1) is 16.1. The van der Waals surface area contributed by atoms with E-state index in [0.29, 0.717) is 0 Å². The van der Waals surface area contributed by atoms with Crippen LogP contribution in [0.5, 0.6) is 0 Å². The molecule has 126 valence electrons. The van der Waals surface area contributed by atoms with E-state index in [9.17, 15) is 0 Å². The van der Waals surface area contributed by atoms with Gasteiger partial charge >= 0.3 is 0 Å². The van der Waals surface area contributed by atoms with E-state index in [1.165, 1.54) is 16.3 Å². The van der Waals surface area contributed by atoms with Crippen LogP contribution in [0.15, 0.2) is 79.9 Å². The van der Waals surface area contributed by atoms with Crippen LogP contribution in [0.25, 0.3) is 40.0 Å². The van der Waals surface area contributed by atoms with E-state index < -0.39 is 0 Å². The summed E-state index contributed by atoms with van der Waals surface area (Å²) in [4.78, 5) is 4.85. The van der Waals surface area contributed by atoms with Gasteiger partial charge in [-0.25, -0.2) is 4.98 Å². The topological polar surface area (TPSA) is 17.8 Å². The fourth-order valence-corrected chi connectivity index (χ4v) is 3.27. The zero-order valence-corrected chi connectivity index (χ0v) is 14.8. The Kier molecular flexibility index (Phi) is 4.02. The monoisotopic (exact) mass is 336 g/mol. The molecule has 0 aliphatic heterocycles. The molecule has 26 heavy (non-hydrogen) atoms. The van der Waals surface area contributed by atoms with Gasteiger partial charge in [0.15, 0.2) is 0 Å². The van der Waals surface area contributed by atoms with Gasteiger partial charge in [-0.3, -0.25) is 4.57 Å². The lowest BCUT2D eigenvalue weighted by Gasteiger charge is -2.12. The average Bonchev–Trinajstić information content (AvgIpc) is 3.07. The predicted octanol–water partition coefficient (Wildman–Crippen LogP) is 6.29. The van der Waals surface area contributed by atoms with Crippen LogP contribution in [0.4, 0.5) is 0 Å². The first-order valence-electron chi connectivity index (χ1n) is 8.65. The lowest BCUT2D eigenvalue weighted by atomic mass is 10.1. The molecule has 1 aromatic heterocycles. The summed E-state index contributed by atoms with van der Waals surface area (Å²) in [5.74, 6) is 0.893. The molecule has 0 radical (unpaired) electrons. The van der Waals surface area contributed by atoms with Gasteiger partial charge in [0, 0.05) is 11.3 Å². The van der Waals surface area contributed by atoms with E-state index in [4.69, 9.17) is 4.98 Å². The van der Waals surface area contributed by atoms with Crippen LogP contribution >= 0.6 is 0 Å². The summed E-state index contributed by atoms with van der Waals surface area (Å²) in [5.41, 5.74) is 5.15. The summed E-state index contributed by atoms with van der Waals surface area (Å²) >= 11 is 0. The SMILES string of the molecule is C=Cc1nc(-c2ccc3ccccc3c2)n(-c2ccc(C)cc2)c1C=C. The van der Waals surface area contributed by atoms with Crippen LogP contribution < -0.4 is 0 Å². The zero-order chi connectivity index (χ0) is 18.1. The lowest BCUT2D eigenvalue weighted by molar-refractivity contribution is 1.05. The van der Waals surface area contributed by atoms with E-state index in [-0.39, 0.29) is 0 Å². The highest BCUT2D eigenvalue weighted by atomic mass is 15.1. The Hall–Kier alpha value is -3.39. The quantitative estimate of drug-likeness (QED) is 0.428. The van der Waals surface area contributed by atoms with E-state index in [0.717, 1.165) is 28.5 Å². The van der Waals surface area contributed by atoms with Crippen molar-refractivity contribution < 1.29 is 0 Å². The molecule has 1 heterocycles. The molecule has 0 amide bonds. The average molecular weight is 336 g/mol. The largest absolute Gasteiger partial charge is 0.292 e. The molecule has 0 atom stereocenters. The summed E-state index contributed by atoms with van der Waals surface area (Å²) in [6, 6.07) is 23.3. The molecule has 0 fully saturated rings. The summed E-state index contributed by atoms with van der Waals surface area (Å²) in [7, 11) is 0. The van der Waals surface area contributed by atoms with Crippen molar-refractivity contribution in [1.29, 1.82) is 0 Å². The van der Waals surface area contributed by atoms with Crippen LogP contribution in [-0.2, 0) is 0 Å². The van der Waals surface area contributed by atoms with Crippen molar-refractivity contribution in [3.8, 4) is 17.1 Å². The second-order valence-corrected chi connectivity index (χ2v) is 6.35. The van der Waals surface area contributed by atoms with Crippen LogP contribution in [0.1, 0.15) is 17.0 Å². The first-order valence-corrected chi connectivity index (χ1v) is 8.65. The minimum Gasteiger partial charge on any atom is -0.292 e. The van der Waals surface area contributed by atoms with E-state index in [2.05, 4.69) is 91.4 Å². The molecule has 0 spiro atoms. The maximum absolute atomic E-state index is 4.85. The summed E-state index contributed by atoms with van der Waals surface area (Å²) in [6.45, 7) is 10.0. The summed E-state index contributed by atoms with van der Waals surface area (Å²) < 4.78 is 2.15. The van der Waals surface area contributed by atoms with Crippen molar-refractivity contribution in [2.24, 2.45) is 0 Å². The van der Waals surface area contributed by atoms with Gasteiger partial charge in [0.25, 0.3) is 0 Å². The Balaban J connectivity index is 2.00.